The molecule has 2 amide bonds. The number of nitrogens with zero attached hydrogens (tertiary/aromatic N) is 7. The second-order valence-corrected chi connectivity index (χ2v) is 11.3. The molecular formula is C23H24N10O6S2. The zero-order valence-electron chi connectivity index (χ0n) is 21.3. The predicted octanol–water partition coefficient (Wildman–Crippen LogP) is -2.36. The molecule has 1 unspecified atom stereocenters. The van der Waals surface area contributed by atoms with Crippen molar-refractivity contribution in [2.75, 3.05) is 30.4 Å². The van der Waals surface area contributed by atoms with Crippen molar-refractivity contribution >= 4 is 63.4 Å². The lowest BCUT2D eigenvalue weighted by molar-refractivity contribution is -0.662. The van der Waals surface area contributed by atoms with Gasteiger partial charge in [0.2, 0.25) is 11.5 Å². The Morgan fingerprint density at radius 1 is 1.37 bits per heavy atom. The fraction of sp³-hybridized carbons (Fsp3) is 0.391. The highest BCUT2D eigenvalue weighted by atomic mass is 32.2. The number of aromatic nitrogens is 5. The number of imidazole rings is 1. The zero-order chi connectivity index (χ0) is 28.7. The highest BCUT2D eigenvalue weighted by Crippen LogP contribution is 2.40. The van der Waals surface area contributed by atoms with Crippen molar-refractivity contribution in [1.82, 2.24) is 29.2 Å². The molecule has 2 saturated heterocycles. The van der Waals surface area contributed by atoms with Gasteiger partial charge in [0.25, 0.3) is 17.6 Å². The maximum Gasteiger partial charge on any atom is 0.309 e. The third kappa shape index (κ3) is 5.04. The quantitative estimate of drug-likeness (QED) is 0.107. The van der Waals surface area contributed by atoms with Gasteiger partial charge < -0.3 is 36.3 Å². The van der Waals surface area contributed by atoms with Crippen LogP contribution in [0.15, 0.2) is 41.0 Å². The average molecular weight is 601 g/mol. The number of nitrogen functional groups attached to an aromatic ring is 2. The van der Waals surface area contributed by atoms with Crippen LogP contribution in [0, 0.1) is 0 Å². The van der Waals surface area contributed by atoms with E-state index in [1.165, 1.54) is 16.3 Å². The number of β-lactam (4-membered cyclic amide) rings is 1. The summed E-state index contributed by atoms with van der Waals surface area (Å²) < 4.78 is 12.7. The van der Waals surface area contributed by atoms with Crippen molar-refractivity contribution in [1.29, 1.82) is 0 Å². The second kappa shape index (κ2) is 10.9. The molecule has 0 aliphatic carbocycles. The summed E-state index contributed by atoms with van der Waals surface area (Å²) in [6, 6.07) is 2.50. The first-order valence-electron chi connectivity index (χ1n) is 12.5. The monoisotopic (exact) mass is 600 g/mol. The van der Waals surface area contributed by atoms with Crippen LogP contribution < -0.4 is 26.5 Å². The molecule has 41 heavy (non-hydrogen) atoms. The number of hydrogen-bond acceptors (Lipinski definition) is 14. The highest BCUT2D eigenvalue weighted by Gasteiger charge is 2.53. The number of hydrogen-bond donors (Lipinski definition) is 3. The van der Waals surface area contributed by atoms with Gasteiger partial charge in [-0.3, -0.25) is 14.5 Å². The number of aliphatic carboxylic acids is 1. The van der Waals surface area contributed by atoms with Crippen molar-refractivity contribution in [3.63, 3.8) is 0 Å². The molecule has 3 atom stereocenters. The van der Waals surface area contributed by atoms with Crippen LogP contribution in [-0.4, -0.2) is 83.9 Å². The molecule has 6 heterocycles. The molecule has 18 heteroatoms. The van der Waals surface area contributed by atoms with E-state index in [9.17, 15) is 19.5 Å². The summed E-state index contributed by atoms with van der Waals surface area (Å²) in [5.41, 5.74) is 12.4. The topological polar surface area (TPSA) is 219 Å². The molecule has 3 aliphatic heterocycles. The number of rotatable bonds is 8. The average Bonchev–Trinajstić information content (AvgIpc) is 3.54. The summed E-state index contributed by atoms with van der Waals surface area (Å²) in [5.74, 6) is -2.27. The SMILES string of the molecule is Nc1nc(/C(=N/OC2CCCOC2)C(=O)N[C@@H]2C(=O)N3C(C(=O)[O-])=C(C[n+]4cc(N)n5ncccc54)CS[C@H]23)ns1. The molecule has 0 saturated carbocycles. The number of ether oxygens (including phenoxy) is 1. The standard InChI is InChI=1S/C23H24N10O6S2/c24-13-8-31(14-4-1-5-26-33(13)14)7-11-10-40-21-16(20(35)32(21)17(11)22(36)37)27-19(34)15(18-28-23(25)41-30-18)29-39-12-3-2-6-38-9-12/h1,4-5,8,12,16,21H,2-3,6-7,9-10H2,(H5-,24,25,26,27,28,30,34,36,37)/b29-15-/t12?,16-,21-/m1/s1. The van der Waals surface area contributed by atoms with Gasteiger partial charge in [0, 0.05) is 35.5 Å². The maximum atomic E-state index is 13.3. The minimum Gasteiger partial charge on any atom is -0.543 e. The van der Waals surface area contributed by atoms with E-state index in [2.05, 4.69) is 24.9 Å². The van der Waals surface area contributed by atoms with Crippen molar-refractivity contribution < 1.29 is 33.6 Å². The largest absolute Gasteiger partial charge is 0.543 e. The number of nitrogens with two attached hydrogens (primary N) is 2. The van der Waals surface area contributed by atoms with Crippen LogP contribution >= 0.6 is 23.3 Å². The van der Waals surface area contributed by atoms with Crippen LogP contribution in [0.3, 0.4) is 0 Å². The molecule has 0 spiro atoms. The number of anilines is 2. The summed E-state index contributed by atoms with van der Waals surface area (Å²) in [6.45, 7) is 1.09. The smallest absolute Gasteiger partial charge is 0.309 e. The van der Waals surface area contributed by atoms with Gasteiger partial charge in [0.1, 0.15) is 18.0 Å². The number of carboxylic acid groups (broad SMARTS) is 1. The Bertz CT molecular complexity index is 1600. The van der Waals surface area contributed by atoms with Crippen molar-refractivity contribution in [2.24, 2.45) is 5.16 Å². The summed E-state index contributed by atoms with van der Waals surface area (Å²) >= 11 is 2.19. The lowest BCUT2D eigenvalue weighted by atomic mass is 10.0. The van der Waals surface area contributed by atoms with Crippen LogP contribution in [0.1, 0.15) is 18.7 Å². The van der Waals surface area contributed by atoms with Gasteiger partial charge in [0.15, 0.2) is 17.4 Å². The molecule has 5 N–H and O–H groups in total. The number of amides is 2. The van der Waals surface area contributed by atoms with E-state index in [0.717, 1.165) is 22.9 Å². The number of thioether (sulfide) groups is 1. The maximum absolute atomic E-state index is 13.3. The Morgan fingerprint density at radius 2 is 2.22 bits per heavy atom. The summed E-state index contributed by atoms with van der Waals surface area (Å²) in [5, 5.41) is 22.5. The van der Waals surface area contributed by atoms with E-state index in [1.54, 1.807) is 29.1 Å². The number of oxime groups is 1. The van der Waals surface area contributed by atoms with Gasteiger partial charge in [-0.15, -0.1) is 11.8 Å². The molecule has 0 bridgehead atoms. The molecule has 0 radical (unpaired) electrons. The number of carbonyl (C=O) groups is 3. The number of fused-ring (bicyclic) bond motifs is 2. The summed E-state index contributed by atoms with van der Waals surface area (Å²) in [7, 11) is 0. The molecule has 214 valence electrons. The van der Waals surface area contributed by atoms with Crippen LogP contribution in [-0.2, 0) is 30.5 Å². The first-order valence-corrected chi connectivity index (χ1v) is 14.4. The molecule has 16 nitrogen and oxygen atoms in total. The van der Waals surface area contributed by atoms with Crippen LogP contribution in [0.5, 0.6) is 0 Å². The molecule has 6 rings (SSSR count). The Kier molecular flexibility index (Phi) is 7.18. The van der Waals surface area contributed by atoms with Crippen molar-refractivity contribution in [3.05, 3.63) is 41.6 Å². The molecular weight excluding hydrogens is 576 g/mol. The van der Waals surface area contributed by atoms with E-state index in [0.29, 0.717) is 36.7 Å². The fourth-order valence-electron chi connectivity index (χ4n) is 4.83. The summed E-state index contributed by atoms with van der Waals surface area (Å²) in [6.07, 6.45) is 4.35. The number of nitrogens with one attached hydrogen (secondary N) is 1. The molecule has 0 aromatic carbocycles. The fourth-order valence-corrected chi connectivity index (χ4v) is 6.60. The molecule has 2 fully saturated rings. The molecule has 3 aromatic rings. The van der Waals surface area contributed by atoms with E-state index >= 15 is 0 Å². The van der Waals surface area contributed by atoms with Crippen LogP contribution in [0.4, 0.5) is 10.9 Å². The van der Waals surface area contributed by atoms with Gasteiger partial charge >= 0.3 is 5.65 Å². The van der Waals surface area contributed by atoms with Crippen molar-refractivity contribution in [2.45, 2.75) is 36.9 Å². The Hall–Kier alpha value is -4.29. The molecule has 3 aromatic heterocycles. The number of carbonyl (C=O) groups excluding carboxylic acids is 3. The van der Waals surface area contributed by atoms with Gasteiger partial charge in [0.05, 0.1) is 24.5 Å². The van der Waals surface area contributed by atoms with Gasteiger partial charge in [-0.25, -0.2) is 4.57 Å². The van der Waals surface area contributed by atoms with Gasteiger partial charge in [-0.1, -0.05) is 14.8 Å². The highest BCUT2D eigenvalue weighted by molar-refractivity contribution is 8.00. The molecule has 3 aliphatic rings. The van der Waals surface area contributed by atoms with Crippen LogP contribution in [0.2, 0.25) is 0 Å². The third-order valence-corrected chi connectivity index (χ3v) is 8.61. The Balaban J connectivity index is 1.21. The zero-order valence-corrected chi connectivity index (χ0v) is 23.0. The Labute approximate surface area is 240 Å². The third-order valence-electron chi connectivity index (χ3n) is 6.73. The minimum atomic E-state index is -1.49. The van der Waals surface area contributed by atoms with E-state index in [1.807, 2.05) is 0 Å². The van der Waals surface area contributed by atoms with E-state index in [4.69, 9.17) is 21.0 Å². The minimum absolute atomic E-state index is 0.0511. The predicted molar refractivity (Wildman–Crippen MR) is 143 cm³/mol. The van der Waals surface area contributed by atoms with E-state index < -0.39 is 29.2 Å². The van der Waals surface area contributed by atoms with E-state index in [-0.39, 0.29) is 40.8 Å². The lowest BCUT2D eigenvalue weighted by Crippen LogP contribution is -2.71. The van der Waals surface area contributed by atoms with Gasteiger partial charge in [-0.2, -0.15) is 9.36 Å². The van der Waals surface area contributed by atoms with Crippen molar-refractivity contribution in [3.8, 4) is 0 Å². The Morgan fingerprint density at radius 3 is 2.95 bits per heavy atom. The van der Waals surface area contributed by atoms with Gasteiger partial charge in [-0.05, 0) is 18.9 Å². The van der Waals surface area contributed by atoms with Crippen LogP contribution in [0.25, 0.3) is 5.65 Å². The first-order chi connectivity index (χ1) is 19.8. The summed E-state index contributed by atoms with van der Waals surface area (Å²) in [4.78, 5) is 49.4. The normalized spacial score (nSPS) is 22.8. The lowest BCUT2D eigenvalue weighted by Gasteiger charge is -2.50. The second-order valence-electron chi connectivity index (χ2n) is 9.42. The number of carboxylic acids is 1. The first kappa shape index (κ1) is 26.9.